The summed E-state index contributed by atoms with van der Waals surface area (Å²) < 4.78 is 0. The van der Waals surface area contributed by atoms with Crippen LogP contribution in [0.1, 0.15) is 57.2 Å². The van der Waals surface area contributed by atoms with Crippen LogP contribution in [0.3, 0.4) is 0 Å². The Morgan fingerprint density at radius 2 is 1.95 bits per heavy atom. The molecular weight excluding hydrogens is 246 g/mol. The molecule has 1 aliphatic rings. The number of rotatable bonds is 5. The third kappa shape index (κ3) is 3.72. The molecule has 0 bridgehead atoms. The van der Waals surface area contributed by atoms with Crippen LogP contribution in [0.15, 0.2) is 12.1 Å². The lowest BCUT2D eigenvalue weighted by molar-refractivity contribution is 0.340. The molecule has 0 aromatic carbocycles. The molecule has 1 saturated carbocycles. The van der Waals surface area contributed by atoms with E-state index in [1.807, 2.05) is 0 Å². The molecule has 0 atom stereocenters. The van der Waals surface area contributed by atoms with Crippen LogP contribution in [-0.2, 0) is 13.0 Å². The second-order valence-electron chi connectivity index (χ2n) is 6.30. The third-order valence-electron chi connectivity index (χ3n) is 4.56. The van der Waals surface area contributed by atoms with Crippen LogP contribution in [0.4, 0.5) is 5.82 Å². The highest BCUT2D eigenvalue weighted by Gasteiger charge is 2.22. The smallest absolute Gasteiger partial charge is 0.129 e. The molecule has 0 radical (unpaired) electrons. The number of anilines is 1. The lowest BCUT2D eigenvalue weighted by Gasteiger charge is -2.34. The average molecular weight is 275 g/mol. The Kier molecular flexibility index (Phi) is 5.41. The van der Waals surface area contributed by atoms with E-state index in [9.17, 15) is 0 Å². The summed E-state index contributed by atoms with van der Waals surface area (Å²) in [7, 11) is 2.19. The maximum atomic E-state index is 5.83. The quantitative estimate of drug-likeness (QED) is 0.894. The lowest BCUT2D eigenvalue weighted by atomic mass is 9.87. The second kappa shape index (κ2) is 7.07. The molecule has 20 heavy (non-hydrogen) atoms. The summed E-state index contributed by atoms with van der Waals surface area (Å²) in [4.78, 5) is 7.21. The highest BCUT2D eigenvalue weighted by molar-refractivity contribution is 5.43. The minimum atomic E-state index is 0.599. The average Bonchev–Trinajstić information content (AvgIpc) is 2.47. The van der Waals surface area contributed by atoms with Crippen LogP contribution in [0.5, 0.6) is 0 Å². The van der Waals surface area contributed by atoms with Crippen molar-refractivity contribution in [2.45, 2.75) is 65.0 Å². The van der Waals surface area contributed by atoms with Crippen molar-refractivity contribution >= 4 is 5.82 Å². The van der Waals surface area contributed by atoms with E-state index in [2.05, 4.69) is 37.9 Å². The van der Waals surface area contributed by atoms with Gasteiger partial charge in [-0.3, -0.25) is 0 Å². The van der Waals surface area contributed by atoms with Crippen molar-refractivity contribution < 1.29 is 0 Å². The summed E-state index contributed by atoms with van der Waals surface area (Å²) >= 11 is 0. The van der Waals surface area contributed by atoms with Crippen molar-refractivity contribution in [3.63, 3.8) is 0 Å². The van der Waals surface area contributed by atoms with Gasteiger partial charge >= 0.3 is 0 Å². The summed E-state index contributed by atoms with van der Waals surface area (Å²) in [6, 6.07) is 4.96. The maximum Gasteiger partial charge on any atom is 0.129 e. The van der Waals surface area contributed by atoms with Gasteiger partial charge in [0.05, 0.1) is 0 Å². The molecule has 1 aliphatic carbocycles. The van der Waals surface area contributed by atoms with Crippen LogP contribution in [0.25, 0.3) is 0 Å². The van der Waals surface area contributed by atoms with Crippen molar-refractivity contribution in [1.82, 2.24) is 4.98 Å². The van der Waals surface area contributed by atoms with E-state index in [0.717, 1.165) is 24.6 Å². The van der Waals surface area contributed by atoms with Gasteiger partial charge in [-0.15, -0.1) is 0 Å². The highest BCUT2D eigenvalue weighted by atomic mass is 15.2. The molecule has 1 aromatic rings. The summed E-state index contributed by atoms with van der Waals surface area (Å²) in [5, 5.41) is 0. The minimum Gasteiger partial charge on any atom is -0.357 e. The molecule has 1 aromatic heterocycles. The number of aryl methyl sites for hydroxylation is 1. The van der Waals surface area contributed by atoms with Gasteiger partial charge in [-0.25, -0.2) is 4.98 Å². The van der Waals surface area contributed by atoms with Gasteiger partial charge in [0, 0.05) is 25.3 Å². The predicted octanol–water partition coefficient (Wildman–Crippen LogP) is 3.51. The standard InChI is InChI=1S/C17H29N3/c1-4-5-15-10-14(12-18)11-17(19-15)20(3)16-8-6-13(2)7-9-16/h10-11,13,16H,4-9,12,18H2,1-3H3. The van der Waals surface area contributed by atoms with Gasteiger partial charge < -0.3 is 10.6 Å². The zero-order valence-corrected chi connectivity index (χ0v) is 13.2. The van der Waals surface area contributed by atoms with Crippen LogP contribution < -0.4 is 10.6 Å². The van der Waals surface area contributed by atoms with E-state index >= 15 is 0 Å². The summed E-state index contributed by atoms with van der Waals surface area (Å²) in [5.74, 6) is 1.99. The molecule has 112 valence electrons. The fourth-order valence-corrected chi connectivity index (χ4v) is 3.13. The Morgan fingerprint density at radius 3 is 2.55 bits per heavy atom. The fraction of sp³-hybridized carbons (Fsp3) is 0.706. The normalized spacial score (nSPS) is 22.8. The second-order valence-corrected chi connectivity index (χ2v) is 6.30. The molecule has 1 heterocycles. The maximum absolute atomic E-state index is 5.83. The first kappa shape index (κ1) is 15.3. The van der Waals surface area contributed by atoms with Gasteiger partial charge in [0.15, 0.2) is 0 Å². The summed E-state index contributed by atoms with van der Waals surface area (Å²) in [6.45, 7) is 5.16. The van der Waals surface area contributed by atoms with Crippen LogP contribution in [0, 0.1) is 5.92 Å². The zero-order chi connectivity index (χ0) is 14.5. The molecule has 3 nitrogen and oxygen atoms in total. The van der Waals surface area contributed by atoms with E-state index < -0.39 is 0 Å². The summed E-state index contributed by atoms with van der Waals surface area (Å²) in [6.07, 6.45) is 7.42. The van der Waals surface area contributed by atoms with Crippen LogP contribution >= 0.6 is 0 Å². The van der Waals surface area contributed by atoms with E-state index in [-0.39, 0.29) is 0 Å². The molecule has 0 saturated heterocycles. The first-order valence-corrected chi connectivity index (χ1v) is 8.06. The Bertz CT molecular complexity index is 422. The van der Waals surface area contributed by atoms with E-state index in [4.69, 9.17) is 10.7 Å². The lowest BCUT2D eigenvalue weighted by Crippen LogP contribution is -2.35. The van der Waals surface area contributed by atoms with Crippen molar-refractivity contribution in [3.05, 3.63) is 23.4 Å². The molecule has 1 fully saturated rings. The van der Waals surface area contributed by atoms with Crippen molar-refractivity contribution in [2.75, 3.05) is 11.9 Å². The Hall–Kier alpha value is -1.09. The predicted molar refractivity (Wildman–Crippen MR) is 85.9 cm³/mol. The van der Waals surface area contributed by atoms with E-state index in [0.29, 0.717) is 12.6 Å². The van der Waals surface area contributed by atoms with Gasteiger partial charge in [0.1, 0.15) is 5.82 Å². The molecule has 0 spiro atoms. The first-order chi connectivity index (χ1) is 9.63. The topological polar surface area (TPSA) is 42.1 Å². The number of pyridine rings is 1. The zero-order valence-electron chi connectivity index (χ0n) is 13.2. The molecular formula is C17H29N3. The monoisotopic (exact) mass is 275 g/mol. The van der Waals surface area contributed by atoms with Gasteiger partial charge in [-0.05, 0) is 55.7 Å². The minimum absolute atomic E-state index is 0.599. The number of hydrogen-bond donors (Lipinski definition) is 1. The largest absolute Gasteiger partial charge is 0.357 e. The van der Waals surface area contributed by atoms with Crippen molar-refractivity contribution in [1.29, 1.82) is 0 Å². The summed E-state index contributed by atoms with van der Waals surface area (Å²) in [5.41, 5.74) is 8.22. The van der Waals surface area contributed by atoms with Crippen LogP contribution in [-0.4, -0.2) is 18.1 Å². The Balaban J connectivity index is 2.15. The van der Waals surface area contributed by atoms with Gasteiger partial charge in [0.25, 0.3) is 0 Å². The molecule has 3 heteroatoms. The number of hydrogen-bond acceptors (Lipinski definition) is 3. The van der Waals surface area contributed by atoms with Crippen molar-refractivity contribution in [3.8, 4) is 0 Å². The van der Waals surface area contributed by atoms with E-state index in [1.54, 1.807) is 0 Å². The Morgan fingerprint density at radius 1 is 1.25 bits per heavy atom. The number of nitrogens with two attached hydrogens (primary N) is 1. The van der Waals surface area contributed by atoms with Crippen molar-refractivity contribution in [2.24, 2.45) is 11.7 Å². The number of nitrogens with zero attached hydrogens (tertiary/aromatic N) is 2. The SMILES string of the molecule is CCCc1cc(CN)cc(N(C)C2CCC(C)CC2)n1. The third-order valence-corrected chi connectivity index (χ3v) is 4.56. The van der Waals surface area contributed by atoms with Gasteiger partial charge in [0.2, 0.25) is 0 Å². The highest BCUT2D eigenvalue weighted by Crippen LogP contribution is 2.29. The van der Waals surface area contributed by atoms with Crippen LogP contribution in [0.2, 0.25) is 0 Å². The number of aromatic nitrogens is 1. The molecule has 2 rings (SSSR count). The molecule has 0 aliphatic heterocycles. The molecule has 0 unspecified atom stereocenters. The van der Waals surface area contributed by atoms with Gasteiger partial charge in [-0.2, -0.15) is 0 Å². The Labute approximate surface area is 123 Å². The van der Waals surface area contributed by atoms with E-state index in [1.165, 1.54) is 36.9 Å². The fourth-order valence-electron chi connectivity index (χ4n) is 3.13. The van der Waals surface area contributed by atoms with Gasteiger partial charge in [-0.1, -0.05) is 20.3 Å². The first-order valence-electron chi connectivity index (χ1n) is 8.06. The molecule has 0 amide bonds. The molecule has 2 N–H and O–H groups in total.